The third kappa shape index (κ3) is 4.04. The number of rotatable bonds is 5. The van der Waals surface area contributed by atoms with E-state index in [2.05, 4.69) is 35.7 Å². The Kier molecular flexibility index (Phi) is 5.60. The number of aromatic amines is 1. The molecular weight excluding hydrogens is 452 g/mol. The molecule has 1 unspecified atom stereocenters. The number of benzene rings is 2. The summed E-state index contributed by atoms with van der Waals surface area (Å²) in [5, 5.41) is 13.9. The van der Waals surface area contributed by atoms with E-state index in [4.69, 9.17) is 17.3 Å². The fraction of sp³-hybridized carbons (Fsp3) is 0.0833. The number of hydrogen-bond acceptors (Lipinski definition) is 7. The molecule has 10 heteroatoms. The lowest BCUT2D eigenvalue weighted by molar-refractivity contribution is 0.0935. The van der Waals surface area contributed by atoms with Crippen LogP contribution in [0.2, 0.25) is 5.02 Å². The number of fused-ring (bicyclic) bond motifs is 1. The van der Waals surface area contributed by atoms with Crippen LogP contribution in [0.25, 0.3) is 33.5 Å². The number of nitrogen functional groups attached to an aromatic ring is 1. The Labute approximate surface area is 199 Å². The number of H-pyrrole nitrogens is 1. The van der Waals surface area contributed by atoms with E-state index in [-0.39, 0.29) is 17.6 Å². The van der Waals surface area contributed by atoms with Crippen molar-refractivity contribution < 1.29 is 4.79 Å². The predicted octanol–water partition coefficient (Wildman–Crippen LogP) is 4.20. The summed E-state index contributed by atoms with van der Waals surface area (Å²) in [4.78, 5) is 26.7. The van der Waals surface area contributed by atoms with E-state index >= 15 is 0 Å². The average Bonchev–Trinajstić information content (AvgIpc) is 3.34. The Morgan fingerprint density at radius 2 is 1.79 bits per heavy atom. The number of anilines is 1. The summed E-state index contributed by atoms with van der Waals surface area (Å²) in [6.07, 6.45) is 1.67. The second kappa shape index (κ2) is 8.87. The molecule has 0 radical (unpaired) electrons. The lowest BCUT2D eigenvalue weighted by Crippen LogP contribution is -2.29. The van der Waals surface area contributed by atoms with Gasteiger partial charge in [0.25, 0.3) is 5.91 Å². The number of nitrogens with two attached hydrogens (primary N) is 1. The van der Waals surface area contributed by atoms with E-state index in [1.807, 2.05) is 61.5 Å². The van der Waals surface area contributed by atoms with Crippen molar-refractivity contribution in [3.8, 4) is 22.5 Å². The lowest BCUT2D eigenvalue weighted by atomic mass is 10.0. The van der Waals surface area contributed by atoms with E-state index < -0.39 is 5.91 Å². The first-order chi connectivity index (χ1) is 16.5. The lowest BCUT2D eigenvalue weighted by Gasteiger charge is -2.16. The van der Waals surface area contributed by atoms with Gasteiger partial charge in [-0.2, -0.15) is 0 Å². The fourth-order valence-electron chi connectivity index (χ4n) is 3.64. The highest BCUT2D eigenvalue weighted by Crippen LogP contribution is 2.34. The van der Waals surface area contributed by atoms with Gasteiger partial charge >= 0.3 is 0 Å². The normalized spacial score (nSPS) is 11.9. The van der Waals surface area contributed by atoms with Crippen LogP contribution in [-0.2, 0) is 0 Å². The van der Waals surface area contributed by atoms with Crippen molar-refractivity contribution >= 4 is 34.4 Å². The quantitative estimate of drug-likeness (QED) is 0.350. The minimum atomic E-state index is -0.459. The Balaban J connectivity index is 1.62. The molecule has 5 rings (SSSR count). The molecule has 0 aliphatic rings. The van der Waals surface area contributed by atoms with Gasteiger partial charge in [0.1, 0.15) is 5.52 Å². The van der Waals surface area contributed by atoms with Gasteiger partial charge in [-0.15, -0.1) is 5.10 Å². The number of aromatic nitrogens is 6. The van der Waals surface area contributed by atoms with Crippen molar-refractivity contribution in [2.45, 2.75) is 13.0 Å². The minimum absolute atomic E-state index is 0.0106. The van der Waals surface area contributed by atoms with Crippen LogP contribution >= 0.6 is 11.6 Å². The zero-order valence-electron chi connectivity index (χ0n) is 18.0. The van der Waals surface area contributed by atoms with Gasteiger partial charge in [-0.1, -0.05) is 53.2 Å². The van der Waals surface area contributed by atoms with Gasteiger partial charge < -0.3 is 11.1 Å². The molecule has 3 heterocycles. The summed E-state index contributed by atoms with van der Waals surface area (Å²) in [5.41, 5.74) is 10.5. The van der Waals surface area contributed by atoms with Gasteiger partial charge in [0.2, 0.25) is 0 Å². The molecule has 168 valence electrons. The molecule has 1 amide bonds. The third-order valence-electron chi connectivity index (χ3n) is 5.32. The second-order valence-electron chi connectivity index (χ2n) is 7.64. The molecule has 34 heavy (non-hydrogen) atoms. The number of carbonyl (C=O) groups is 1. The van der Waals surface area contributed by atoms with Gasteiger partial charge in [-0.05, 0) is 31.2 Å². The van der Waals surface area contributed by atoms with Crippen LogP contribution < -0.4 is 11.1 Å². The first-order valence-corrected chi connectivity index (χ1v) is 10.8. The summed E-state index contributed by atoms with van der Waals surface area (Å²) in [5.74, 6) is -0.442. The van der Waals surface area contributed by atoms with Crippen LogP contribution in [0.1, 0.15) is 29.1 Å². The molecule has 5 aromatic rings. The van der Waals surface area contributed by atoms with E-state index in [9.17, 15) is 4.79 Å². The molecule has 0 aliphatic carbocycles. The minimum Gasteiger partial charge on any atom is -0.382 e. The zero-order chi connectivity index (χ0) is 23.7. The average molecular weight is 471 g/mol. The summed E-state index contributed by atoms with van der Waals surface area (Å²) in [6, 6.07) is 18.2. The predicted molar refractivity (Wildman–Crippen MR) is 130 cm³/mol. The monoisotopic (exact) mass is 470 g/mol. The molecule has 0 bridgehead atoms. The Morgan fingerprint density at radius 1 is 1.03 bits per heavy atom. The number of nitrogens with zero attached hydrogens (tertiary/aromatic N) is 5. The van der Waals surface area contributed by atoms with Crippen LogP contribution in [0.3, 0.4) is 0 Å². The zero-order valence-corrected chi connectivity index (χ0v) is 18.8. The van der Waals surface area contributed by atoms with Gasteiger partial charge in [-0.25, -0.2) is 9.97 Å². The maximum Gasteiger partial charge on any atom is 0.274 e. The number of hydrogen-bond donors (Lipinski definition) is 3. The van der Waals surface area contributed by atoms with Crippen LogP contribution in [-0.4, -0.2) is 36.3 Å². The van der Waals surface area contributed by atoms with Gasteiger partial charge in [-0.3, -0.25) is 14.9 Å². The third-order valence-corrected chi connectivity index (χ3v) is 5.61. The van der Waals surface area contributed by atoms with E-state index in [0.29, 0.717) is 38.7 Å². The smallest absolute Gasteiger partial charge is 0.274 e. The van der Waals surface area contributed by atoms with E-state index in [1.54, 1.807) is 12.3 Å². The van der Waals surface area contributed by atoms with Crippen LogP contribution in [0.15, 0.2) is 66.9 Å². The number of halogens is 1. The molecular formula is C24H19ClN8O. The molecule has 9 nitrogen and oxygen atoms in total. The Morgan fingerprint density at radius 3 is 2.56 bits per heavy atom. The van der Waals surface area contributed by atoms with Crippen LogP contribution in [0.5, 0.6) is 0 Å². The molecule has 0 aliphatic heterocycles. The van der Waals surface area contributed by atoms with Crippen molar-refractivity contribution in [2.75, 3.05) is 5.73 Å². The highest BCUT2D eigenvalue weighted by molar-refractivity contribution is 6.35. The molecule has 3 aromatic heterocycles. The van der Waals surface area contributed by atoms with Crippen molar-refractivity contribution in [1.29, 1.82) is 0 Å². The first kappa shape index (κ1) is 21.5. The molecule has 4 N–H and O–H groups in total. The molecule has 0 saturated carbocycles. The Hall–Kier alpha value is -4.37. The largest absolute Gasteiger partial charge is 0.382 e. The maximum absolute atomic E-state index is 13.1. The van der Waals surface area contributed by atoms with Crippen molar-refractivity contribution in [3.63, 3.8) is 0 Å². The SMILES string of the molecule is CC(NC(=O)c1nc(-c2cc(Cl)c3nn[nH]c3c2)c(-c2ccccc2)nc1N)c1ccccn1. The highest BCUT2D eigenvalue weighted by atomic mass is 35.5. The Bertz CT molecular complexity index is 1490. The van der Waals surface area contributed by atoms with Gasteiger partial charge in [0.05, 0.1) is 33.7 Å². The van der Waals surface area contributed by atoms with E-state index in [1.165, 1.54) is 0 Å². The number of nitrogens with one attached hydrogen (secondary N) is 2. The summed E-state index contributed by atoms with van der Waals surface area (Å²) in [7, 11) is 0. The highest BCUT2D eigenvalue weighted by Gasteiger charge is 2.22. The van der Waals surface area contributed by atoms with Crippen LogP contribution in [0, 0.1) is 0 Å². The van der Waals surface area contributed by atoms with Gasteiger partial charge in [0, 0.05) is 17.3 Å². The van der Waals surface area contributed by atoms with Crippen molar-refractivity contribution in [2.24, 2.45) is 0 Å². The standard InChI is InChI=1S/C24H19ClN8O/c1-13(17-9-5-6-10-27-17)28-24(34)22-23(26)30-19(14-7-3-2-4-8-14)20(29-22)15-11-16(25)21-18(12-15)31-33-32-21/h2-13H,1H3,(H2,26,30)(H,28,34)(H,31,32,33). The van der Waals surface area contributed by atoms with Crippen molar-refractivity contribution in [3.05, 3.63) is 83.3 Å². The second-order valence-corrected chi connectivity index (χ2v) is 8.04. The van der Waals surface area contributed by atoms with Crippen LogP contribution in [0.4, 0.5) is 5.82 Å². The molecule has 2 aromatic carbocycles. The maximum atomic E-state index is 13.1. The summed E-state index contributed by atoms with van der Waals surface area (Å²) < 4.78 is 0. The first-order valence-electron chi connectivity index (χ1n) is 10.5. The fourth-order valence-corrected chi connectivity index (χ4v) is 3.89. The molecule has 0 fully saturated rings. The van der Waals surface area contributed by atoms with Gasteiger partial charge in [0.15, 0.2) is 11.5 Å². The number of amides is 1. The number of pyridine rings is 1. The summed E-state index contributed by atoms with van der Waals surface area (Å²) >= 11 is 6.44. The molecule has 0 spiro atoms. The van der Waals surface area contributed by atoms with Crippen molar-refractivity contribution in [1.82, 2.24) is 35.7 Å². The topological polar surface area (TPSA) is 135 Å². The summed E-state index contributed by atoms with van der Waals surface area (Å²) in [6.45, 7) is 1.84. The van der Waals surface area contributed by atoms with E-state index in [0.717, 1.165) is 5.56 Å². The molecule has 1 atom stereocenters. The molecule has 0 saturated heterocycles. The number of carbonyl (C=O) groups excluding carboxylic acids is 1.